The number of hydrogen-bond acceptors (Lipinski definition) is 2. The topological polar surface area (TPSA) is 29.9 Å². The lowest BCUT2D eigenvalue weighted by Gasteiger charge is -2.13. The molecule has 14 heavy (non-hydrogen) atoms. The van der Waals surface area contributed by atoms with Crippen LogP contribution in [0.4, 0.5) is 0 Å². The number of nitrogens with zero attached hydrogens (tertiary/aromatic N) is 2. The molecule has 1 saturated carbocycles. The van der Waals surface area contributed by atoms with E-state index in [0.29, 0.717) is 5.41 Å². The zero-order valence-electron chi connectivity index (χ0n) is 8.87. The van der Waals surface area contributed by atoms with Crippen molar-refractivity contribution in [2.24, 2.45) is 5.41 Å². The van der Waals surface area contributed by atoms with Gasteiger partial charge in [0.15, 0.2) is 0 Å². The van der Waals surface area contributed by atoms with Crippen molar-refractivity contribution in [1.82, 2.24) is 15.1 Å². The molecule has 78 valence electrons. The van der Waals surface area contributed by atoms with E-state index in [9.17, 15) is 0 Å². The van der Waals surface area contributed by atoms with E-state index in [0.717, 1.165) is 13.1 Å². The van der Waals surface area contributed by atoms with Gasteiger partial charge < -0.3 is 5.32 Å². The maximum absolute atomic E-state index is 4.16. The maximum Gasteiger partial charge on any atom is 0.0533 e. The molecular weight excluding hydrogens is 174 g/mol. The Labute approximate surface area is 85.5 Å². The lowest BCUT2D eigenvalue weighted by atomic mass is 10.0. The fraction of sp³-hybridized carbons (Fsp3) is 0.727. The Bertz CT molecular complexity index is 262. The molecular formula is C11H19N3. The third-order valence-electron chi connectivity index (χ3n) is 3.28. The van der Waals surface area contributed by atoms with Crippen molar-refractivity contribution in [2.45, 2.75) is 32.7 Å². The van der Waals surface area contributed by atoms with Crippen molar-refractivity contribution >= 4 is 0 Å². The lowest BCUT2D eigenvalue weighted by Crippen LogP contribution is -2.27. The highest BCUT2D eigenvalue weighted by molar-refractivity contribution is 4.93. The van der Waals surface area contributed by atoms with Crippen molar-refractivity contribution in [3.8, 4) is 0 Å². The molecule has 1 heterocycles. The fourth-order valence-corrected chi connectivity index (χ4v) is 1.81. The first-order valence-corrected chi connectivity index (χ1v) is 5.53. The van der Waals surface area contributed by atoms with Gasteiger partial charge in [-0.2, -0.15) is 5.10 Å². The van der Waals surface area contributed by atoms with E-state index < -0.39 is 0 Å². The van der Waals surface area contributed by atoms with Crippen LogP contribution in [0.5, 0.6) is 0 Å². The molecule has 1 aromatic heterocycles. The molecule has 0 atom stereocenters. The van der Waals surface area contributed by atoms with E-state index >= 15 is 0 Å². The summed E-state index contributed by atoms with van der Waals surface area (Å²) in [6.07, 6.45) is 7.99. The molecule has 0 aromatic carbocycles. The van der Waals surface area contributed by atoms with Gasteiger partial charge in [-0.1, -0.05) is 6.92 Å². The third kappa shape index (κ3) is 2.35. The van der Waals surface area contributed by atoms with Crippen molar-refractivity contribution in [1.29, 1.82) is 0 Å². The van der Waals surface area contributed by atoms with Gasteiger partial charge in [0.25, 0.3) is 0 Å². The molecule has 0 unspecified atom stereocenters. The van der Waals surface area contributed by atoms with Crippen LogP contribution in [-0.4, -0.2) is 22.9 Å². The lowest BCUT2D eigenvalue weighted by molar-refractivity contribution is 0.430. The Kier molecular flexibility index (Phi) is 2.87. The summed E-state index contributed by atoms with van der Waals surface area (Å²) < 4.78 is 1.97. The van der Waals surface area contributed by atoms with Gasteiger partial charge in [-0.3, -0.25) is 4.68 Å². The van der Waals surface area contributed by atoms with Gasteiger partial charge in [-0.25, -0.2) is 0 Å². The molecule has 1 aromatic rings. The molecule has 0 amide bonds. The van der Waals surface area contributed by atoms with Crippen LogP contribution in [0, 0.1) is 5.41 Å². The molecule has 0 radical (unpaired) electrons. The minimum Gasteiger partial charge on any atom is -0.314 e. The third-order valence-corrected chi connectivity index (χ3v) is 3.28. The van der Waals surface area contributed by atoms with Gasteiger partial charge >= 0.3 is 0 Å². The Balaban J connectivity index is 1.60. The minimum absolute atomic E-state index is 0.657. The van der Waals surface area contributed by atoms with Crippen LogP contribution in [0.2, 0.25) is 0 Å². The predicted molar refractivity (Wildman–Crippen MR) is 57.1 cm³/mol. The summed E-state index contributed by atoms with van der Waals surface area (Å²) in [5, 5.41) is 7.68. The Hall–Kier alpha value is -0.830. The van der Waals surface area contributed by atoms with Crippen LogP contribution >= 0.6 is 0 Å². The molecule has 0 aliphatic heterocycles. The fourth-order valence-electron chi connectivity index (χ4n) is 1.81. The second-order valence-electron chi connectivity index (χ2n) is 4.30. The number of rotatable bonds is 6. The molecule has 1 N–H and O–H groups in total. The standard InChI is InChI=1S/C11H19N3/c1-2-11(4-5-11)10-12-7-9-14-8-3-6-13-14/h3,6,8,12H,2,4-5,7,9-10H2,1H3. The van der Waals surface area contributed by atoms with E-state index in [1.165, 1.54) is 25.8 Å². The zero-order valence-corrected chi connectivity index (χ0v) is 8.87. The van der Waals surface area contributed by atoms with Crippen LogP contribution in [-0.2, 0) is 6.54 Å². The molecule has 0 bridgehead atoms. The Morgan fingerprint density at radius 1 is 1.50 bits per heavy atom. The summed E-state index contributed by atoms with van der Waals surface area (Å²) in [4.78, 5) is 0. The highest BCUT2D eigenvalue weighted by Crippen LogP contribution is 2.47. The summed E-state index contributed by atoms with van der Waals surface area (Å²) in [5.74, 6) is 0. The van der Waals surface area contributed by atoms with E-state index in [1.54, 1.807) is 0 Å². The van der Waals surface area contributed by atoms with Gasteiger partial charge in [-0.05, 0) is 30.7 Å². The maximum atomic E-state index is 4.16. The molecule has 3 nitrogen and oxygen atoms in total. The SMILES string of the molecule is CCC1(CNCCn2cccn2)CC1. The summed E-state index contributed by atoms with van der Waals surface area (Å²) in [6, 6.07) is 1.97. The average molecular weight is 193 g/mol. The summed E-state index contributed by atoms with van der Waals surface area (Å²) in [5.41, 5.74) is 0.657. The quantitative estimate of drug-likeness (QED) is 0.696. The molecule has 3 heteroatoms. The van der Waals surface area contributed by atoms with Crippen LogP contribution in [0.25, 0.3) is 0 Å². The molecule has 1 aliphatic rings. The zero-order chi connectivity index (χ0) is 9.86. The average Bonchev–Trinajstić information content (AvgIpc) is 2.81. The van der Waals surface area contributed by atoms with Gasteiger partial charge in [0.1, 0.15) is 0 Å². The van der Waals surface area contributed by atoms with E-state index in [2.05, 4.69) is 17.3 Å². The largest absolute Gasteiger partial charge is 0.314 e. The molecule has 0 spiro atoms. The first kappa shape index (κ1) is 9.71. The van der Waals surface area contributed by atoms with Crippen molar-refractivity contribution < 1.29 is 0 Å². The van der Waals surface area contributed by atoms with Gasteiger partial charge in [0.2, 0.25) is 0 Å². The highest BCUT2D eigenvalue weighted by Gasteiger charge is 2.39. The monoisotopic (exact) mass is 193 g/mol. The Morgan fingerprint density at radius 2 is 2.36 bits per heavy atom. The van der Waals surface area contributed by atoms with E-state index in [4.69, 9.17) is 0 Å². The van der Waals surface area contributed by atoms with Gasteiger partial charge in [0.05, 0.1) is 6.54 Å². The van der Waals surface area contributed by atoms with Crippen LogP contribution in [0.15, 0.2) is 18.5 Å². The van der Waals surface area contributed by atoms with Crippen LogP contribution in [0.3, 0.4) is 0 Å². The van der Waals surface area contributed by atoms with Crippen LogP contribution in [0.1, 0.15) is 26.2 Å². The van der Waals surface area contributed by atoms with Gasteiger partial charge in [-0.15, -0.1) is 0 Å². The van der Waals surface area contributed by atoms with Crippen molar-refractivity contribution in [3.05, 3.63) is 18.5 Å². The second-order valence-corrected chi connectivity index (χ2v) is 4.30. The molecule has 2 rings (SSSR count). The predicted octanol–water partition coefficient (Wildman–Crippen LogP) is 1.66. The van der Waals surface area contributed by atoms with Crippen molar-refractivity contribution in [3.63, 3.8) is 0 Å². The number of nitrogens with one attached hydrogen (secondary N) is 1. The van der Waals surface area contributed by atoms with E-state index in [-0.39, 0.29) is 0 Å². The minimum atomic E-state index is 0.657. The smallest absolute Gasteiger partial charge is 0.0533 e. The van der Waals surface area contributed by atoms with E-state index in [1.807, 2.05) is 23.1 Å². The Morgan fingerprint density at radius 3 is 2.93 bits per heavy atom. The first-order valence-electron chi connectivity index (χ1n) is 5.53. The normalized spacial score (nSPS) is 18.4. The first-order chi connectivity index (χ1) is 6.85. The summed E-state index contributed by atoms with van der Waals surface area (Å²) in [6.45, 7) is 5.49. The number of hydrogen-bond donors (Lipinski definition) is 1. The number of aromatic nitrogens is 2. The summed E-state index contributed by atoms with van der Waals surface area (Å²) in [7, 11) is 0. The summed E-state index contributed by atoms with van der Waals surface area (Å²) >= 11 is 0. The molecule has 1 aliphatic carbocycles. The molecule has 0 saturated heterocycles. The highest BCUT2D eigenvalue weighted by atomic mass is 15.3. The van der Waals surface area contributed by atoms with Crippen LogP contribution < -0.4 is 5.32 Å². The van der Waals surface area contributed by atoms with Crippen molar-refractivity contribution in [2.75, 3.05) is 13.1 Å². The van der Waals surface area contributed by atoms with Gasteiger partial charge in [0, 0.05) is 25.5 Å². The molecule has 1 fully saturated rings. The second kappa shape index (κ2) is 4.13.